The Hall–Kier alpha value is -2.82. The van der Waals surface area contributed by atoms with Crippen LogP contribution in [0.25, 0.3) is 0 Å². The van der Waals surface area contributed by atoms with Gasteiger partial charge in [0, 0.05) is 5.56 Å². The first-order valence-corrected chi connectivity index (χ1v) is 6.73. The summed E-state index contributed by atoms with van der Waals surface area (Å²) in [6.07, 6.45) is 0. The first-order chi connectivity index (χ1) is 10.5. The second kappa shape index (κ2) is 6.76. The lowest BCUT2D eigenvalue weighted by atomic mass is 10.0. The van der Waals surface area contributed by atoms with Crippen LogP contribution in [-0.4, -0.2) is 18.9 Å². The van der Waals surface area contributed by atoms with Crippen LogP contribution in [0.4, 0.5) is 5.69 Å². The molecule has 0 aliphatic rings. The van der Waals surface area contributed by atoms with Crippen LogP contribution in [0, 0.1) is 0 Å². The topological polar surface area (TPSA) is 78.6 Å². The molecule has 0 bridgehead atoms. The molecule has 114 valence electrons. The van der Waals surface area contributed by atoms with Gasteiger partial charge >= 0.3 is 5.97 Å². The number of Topliss-reactive ketones (excluding diaryl/α,β-unsaturated/α-hetero) is 1. The van der Waals surface area contributed by atoms with Crippen molar-refractivity contribution >= 4 is 17.4 Å². The van der Waals surface area contributed by atoms with E-state index >= 15 is 0 Å². The van der Waals surface area contributed by atoms with E-state index in [4.69, 9.17) is 15.2 Å². The van der Waals surface area contributed by atoms with Gasteiger partial charge < -0.3 is 15.2 Å². The number of nitrogen functional groups attached to an aromatic ring is 1. The van der Waals surface area contributed by atoms with Crippen molar-refractivity contribution in [2.45, 2.75) is 13.5 Å². The number of hydrogen-bond acceptors (Lipinski definition) is 5. The molecule has 0 saturated carbocycles. The van der Waals surface area contributed by atoms with Crippen molar-refractivity contribution in [2.24, 2.45) is 0 Å². The number of carbonyl (C=O) groups is 2. The summed E-state index contributed by atoms with van der Waals surface area (Å²) in [7, 11) is 1.25. The predicted octanol–water partition coefficient (Wildman–Crippen LogP) is 2.84. The molecule has 0 amide bonds. The van der Waals surface area contributed by atoms with Gasteiger partial charge in [0.2, 0.25) is 0 Å². The maximum absolute atomic E-state index is 11.9. The highest BCUT2D eigenvalue weighted by Crippen LogP contribution is 2.29. The molecule has 0 heterocycles. The number of ether oxygens (including phenoxy) is 2. The van der Waals surface area contributed by atoms with Gasteiger partial charge in [0.15, 0.2) is 5.78 Å². The van der Waals surface area contributed by atoms with Crippen molar-refractivity contribution in [3.05, 3.63) is 59.2 Å². The van der Waals surface area contributed by atoms with Gasteiger partial charge in [-0.15, -0.1) is 0 Å². The number of rotatable bonds is 5. The highest BCUT2D eigenvalue weighted by Gasteiger charge is 2.21. The van der Waals surface area contributed by atoms with E-state index in [1.165, 1.54) is 14.0 Å². The molecule has 0 atom stereocenters. The van der Waals surface area contributed by atoms with Gasteiger partial charge in [0.05, 0.1) is 12.8 Å². The average Bonchev–Trinajstić information content (AvgIpc) is 2.52. The highest BCUT2D eigenvalue weighted by atomic mass is 16.5. The molecule has 2 N–H and O–H groups in total. The second-order valence-corrected chi connectivity index (χ2v) is 4.72. The number of benzene rings is 2. The minimum atomic E-state index is -0.635. The Balaban J connectivity index is 2.36. The highest BCUT2D eigenvalue weighted by molar-refractivity contribution is 6.07. The molecule has 5 heteroatoms. The summed E-state index contributed by atoms with van der Waals surface area (Å²) in [6.45, 7) is 1.67. The number of anilines is 1. The number of esters is 1. The predicted molar refractivity (Wildman–Crippen MR) is 83.0 cm³/mol. The van der Waals surface area contributed by atoms with Crippen LogP contribution < -0.4 is 10.5 Å². The van der Waals surface area contributed by atoms with Crippen LogP contribution >= 0.6 is 0 Å². The summed E-state index contributed by atoms with van der Waals surface area (Å²) >= 11 is 0. The summed E-state index contributed by atoms with van der Waals surface area (Å²) < 4.78 is 10.4. The van der Waals surface area contributed by atoms with Crippen molar-refractivity contribution in [2.75, 3.05) is 12.8 Å². The zero-order valence-electron chi connectivity index (χ0n) is 12.5. The second-order valence-electron chi connectivity index (χ2n) is 4.72. The summed E-state index contributed by atoms with van der Waals surface area (Å²) in [6, 6.07) is 12.6. The smallest absolute Gasteiger partial charge is 0.343 e. The first kappa shape index (κ1) is 15.6. The van der Waals surface area contributed by atoms with E-state index in [9.17, 15) is 9.59 Å². The number of methoxy groups -OCH3 is 1. The molecule has 0 fully saturated rings. The maximum Gasteiger partial charge on any atom is 0.343 e. The molecular weight excluding hydrogens is 282 g/mol. The van der Waals surface area contributed by atoms with Gasteiger partial charge in [-0.05, 0) is 24.6 Å². The lowest BCUT2D eigenvalue weighted by Gasteiger charge is -2.14. The summed E-state index contributed by atoms with van der Waals surface area (Å²) in [5.41, 5.74) is 7.30. The molecule has 5 nitrogen and oxygen atoms in total. The van der Waals surface area contributed by atoms with Gasteiger partial charge in [-0.25, -0.2) is 4.79 Å². The van der Waals surface area contributed by atoms with Gasteiger partial charge in [-0.2, -0.15) is 0 Å². The number of hydrogen-bond donors (Lipinski definition) is 1. The van der Waals surface area contributed by atoms with Gasteiger partial charge in [-0.1, -0.05) is 30.3 Å². The first-order valence-electron chi connectivity index (χ1n) is 6.73. The van der Waals surface area contributed by atoms with Crippen LogP contribution in [0.15, 0.2) is 42.5 Å². The van der Waals surface area contributed by atoms with E-state index in [-0.39, 0.29) is 29.2 Å². The molecule has 0 aliphatic heterocycles. The van der Waals surface area contributed by atoms with Crippen LogP contribution in [-0.2, 0) is 11.3 Å². The van der Waals surface area contributed by atoms with Crippen LogP contribution in [0.1, 0.15) is 33.2 Å². The molecule has 0 radical (unpaired) electrons. The van der Waals surface area contributed by atoms with Gasteiger partial charge in [0.25, 0.3) is 0 Å². The number of nitrogens with two attached hydrogens (primary N) is 1. The Morgan fingerprint density at radius 3 is 2.36 bits per heavy atom. The fourth-order valence-corrected chi connectivity index (χ4v) is 2.07. The molecule has 0 aromatic heterocycles. The largest absolute Gasteiger partial charge is 0.488 e. The summed E-state index contributed by atoms with van der Waals surface area (Å²) in [5, 5.41) is 0. The molecule has 0 spiro atoms. The van der Waals surface area contributed by atoms with Crippen LogP contribution in [0.3, 0.4) is 0 Å². The van der Waals surface area contributed by atoms with Crippen molar-refractivity contribution in [3.8, 4) is 5.75 Å². The Bertz CT molecular complexity index is 695. The molecular formula is C17H17NO4. The van der Waals surface area contributed by atoms with Crippen molar-refractivity contribution < 1.29 is 19.1 Å². The van der Waals surface area contributed by atoms with Crippen molar-refractivity contribution in [3.63, 3.8) is 0 Å². The zero-order valence-corrected chi connectivity index (χ0v) is 12.5. The Morgan fingerprint density at radius 1 is 1.09 bits per heavy atom. The van der Waals surface area contributed by atoms with Gasteiger partial charge in [0.1, 0.15) is 17.9 Å². The van der Waals surface area contributed by atoms with Crippen LogP contribution in [0.2, 0.25) is 0 Å². The summed E-state index contributed by atoms with van der Waals surface area (Å²) in [5.74, 6) is -0.570. The van der Waals surface area contributed by atoms with E-state index in [0.717, 1.165) is 5.56 Å². The molecule has 2 rings (SSSR count). The van der Waals surface area contributed by atoms with Crippen molar-refractivity contribution in [1.82, 2.24) is 0 Å². The van der Waals surface area contributed by atoms with E-state index in [0.29, 0.717) is 5.75 Å². The lowest BCUT2D eigenvalue weighted by Crippen LogP contribution is -2.12. The fraction of sp³-hybridized carbons (Fsp3) is 0.176. The number of carbonyl (C=O) groups excluding carboxylic acids is 2. The van der Waals surface area contributed by atoms with Crippen molar-refractivity contribution in [1.29, 1.82) is 0 Å². The van der Waals surface area contributed by atoms with E-state index in [1.807, 2.05) is 30.3 Å². The SMILES string of the molecule is COC(=O)c1c(OCc2ccccc2)ccc(C(C)=O)c1N. The standard InChI is InChI=1S/C17H17NO4/c1-11(19)13-8-9-14(15(16(13)18)17(20)21-2)22-10-12-6-4-3-5-7-12/h3-9H,10,18H2,1-2H3. The van der Waals surface area contributed by atoms with E-state index in [2.05, 4.69) is 0 Å². The Labute approximate surface area is 128 Å². The molecule has 2 aromatic carbocycles. The Morgan fingerprint density at radius 2 is 1.77 bits per heavy atom. The third-order valence-electron chi connectivity index (χ3n) is 3.21. The molecule has 0 unspecified atom stereocenters. The summed E-state index contributed by atoms with van der Waals surface area (Å²) in [4.78, 5) is 23.5. The van der Waals surface area contributed by atoms with E-state index in [1.54, 1.807) is 12.1 Å². The average molecular weight is 299 g/mol. The minimum Gasteiger partial charge on any atom is -0.488 e. The van der Waals surface area contributed by atoms with E-state index < -0.39 is 5.97 Å². The lowest BCUT2D eigenvalue weighted by molar-refractivity contribution is 0.0597. The molecule has 22 heavy (non-hydrogen) atoms. The molecule has 0 saturated heterocycles. The molecule has 0 aliphatic carbocycles. The van der Waals surface area contributed by atoms with Crippen LogP contribution in [0.5, 0.6) is 5.75 Å². The third kappa shape index (κ3) is 3.25. The minimum absolute atomic E-state index is 0.0740. The Kier molecular flexibility index (Phi) is 4.78. The fourth-order valence-electron chi connectivity index (χ4n) is 2.07. The number of ketones is 1. The molecule has 2 aromatic rings. The maximum atomic E-state index is 11.9. The monoisotopic (exact) mass is 299 g/mol. The normalized spacial score (nSPS) is 10.1. The van der Waals surface area contributed by atoms with Gasteiger partial charge in [-0.3, -0.25) is 4.79 Å². The quantitative estimate of drug-likeness (QED) is 0.522. The third-order valence-corrected chi connectivity index (χ3v) is 3.21. The zero-order chi connectivity index (χ0) is 16.1.